The van der Waals surface area contributed by atoms with Crippen LogP contribution >= 0.6 is 28.1 Å². The van der Waals surface area contributed by atoms with Crippen LogP contribution in [-0.4, -0.2) is 47.4 Å². The molecule has 0 fully saturated rings. The molecule has 16 heavy (non-hydrogen) atoms. The molecular weight excluding hydrogens is 295 g/mol. The van der Waals surface area contributed by atoms with E-state index in [0.717, 1.165) is 0 Å². The van der Waals surface area contributed by atoms with Crippen LogP contribution in [0.2, 0.25) is 0 Å². The highest BCUT2D eigenvalue weighted by atomic mass is 35.5. The van der Waals surface area contributed by atoms with Crippen molar-refractivity contribution in [3.8, 4) is 0 Å². The third-order valence-electron chi connectivity index (χ3n) is 0.487. The van der Waals surface area contributed by atoms with Gasteiger partial charge in [-0.3, -0.25) is 0 Å². The van der Waals surface area contributed by atoms with Gasteiger partial charge in [-0.05, 0) is 0 Å². The average molecular weight is 308 g/mol. The molecule has 14 heteroatoms. The summed E-state index contributed by atoms with van der Waals surface area (Å²) in [6.07, 6.45) is 0. The minimum Gasteiger partial charge on any atom is -0.343 e. The van der Waals surface area contributed by atoms with E-state index in [4.69, 9.17) is 34.9 Å². The van der Waals surface area contributed by atoms with E-state index in [2.05, 4.69) is 10.0 Å². The van der Waals surface area contributed by atoms with Crippen molar-refractivity contribution in [2.75, 3.05) is 6.54 Å². The largest absolute Gasteiger partial charge is 0.478 e. The maximum absolute atomic E-state index is 9.63. The van der Waals surface area contributed by atoms with Crippen molar-refractivity contribution in [2.45, 2.75) is 5.97 Å². The number of halogens is 1. The highest BCUT2D eigenvalue weighted by Gasteiger charge is 2.27. The Hall–Kier alpha value is 0.390. The van der Waals surface area contributed by atoms with E-state index in [1.165, 1.54) is 0 Å². The van der Waals surface area contributed by atoms with Crippen molar-refractivity contribution >= 4 is 28.1 Å². The molecule has 0 spiro atoms. The molecule has 0 aromatic rings. The van der Waals surface area contributed by atoms with E-state index in [9.17, 15) is 9.13 Å². The van der Waals surface area contributed by atoms with Crippen LogP contribution < -0.4 is 5.73 Å². The Labute approximate surface area is 95.4 Å². The number of hydrogen-bond acceptors (Lipinski definition) is 7. The molecular formula is C2H12ClNO10P2. The Bertz CT molecular complexity index is 242. The maximum Gasteiger partial charge on any atom is 0.478 e. The fourth-order valence-corrected chi connectivity index (χ4v) is 1.25. The van der Waals surface area contributed by atoms with Gasteiger partial charge in [0.15, 0.2) is 0 Å². The zero-order chi connectivity index (χ0) is 12.9. The quantitative estimate of drug-likeness (QED) is 0.197. The Morgan fingerprint density at radius 3 is 1.19 bits per heavy atom. The van der Waals surface area contributed by atoms with Crippen molar-refractivity contribution in [3.05, 3.63) is 0 Å². The van der Waals surface area contributed by atoms with E-state index in [-0.39, 0.29) is 12.4 Å². The van der Waals surface area contributed by atoms with E-state index >= 15 is 0 Å². The predicted molar refractivity (Wildman–Crippen MR) is 50.9 cm³/mol. The van der Waals surface area contributed by atoms with Crippen molar-refractivity contribution in [2.24, 2.45) is 5.73 Å². The molecule has 0 radical (unpaired) electrons. The summed E-state index contributed by atoms with van der Waals surface area (Å²) in [5.41, 5.74) is 4.56. The highest BCUT2D eigenvalue weighted by molar-refractivity contribution is 7.60. The minimum absolute atomic E-state index is 0. The molecule has 0 aliphatic carbocycles. The molecule has 102 valence electrons. The summed E-state index contributed by atoms with van der Waals surface area (Å²) in [6, 6.07) is 0. The first-order valence-corrected chi connectivity index (χ1v) is 6.02. The second-order valence-corrected chi connectivity index (χ2v) is 4.66. The first-order valence-electron chi connectivity index (χ1n) is 2.96. The van der Waals surface area contributed by atoms with Gasteiger partial charge in [-0.25, -0.2) is 9.13 Å². The van der Waals surface area contributed by atoms with Crippen molar-refractivity contribution in [3.63, 3.8) is 0 Å². The molecule has 0 aromatic heterocycles. The minimum atomic E-state index is -5.05. The van der Waals surface area contributed by atoms with Gasteiger partial charge in [0.2, 0.25) is 0 Å². The van der Waals surface area contributed by atoms with E-state index in [0.29, 0.717) is 0 Å². The second kappa shape index (κ2) is 7.67. The first kappa shape index (κ1) is 21.7. The lowest BCUT2D eigenvalue weighted by atomic mass is 10.6. The molecule has 0 bridgehead atoms. The van der Waals surface area contributed by atoms with Crippen LogP contribution in [0.15, 0.2) is 0 Å². The van der Waals surface area contributed by atoms with E-state index < -0.39 is 28.2 Å². The Kier molecular flexibility index (Phi) is 10.4. The molecule has 9 N–H and O–H groups in total. The number of nitrogens with two attached hydrogens (primary N) is 1. The third-order valence-corrected chi connectivity index (χ3v) is 2.19. The summed E-state index contributed by atoms with van der Waals surface area (Å²) in [4.78, 5) is 31.0. The van der Waals surface area contributed by atoms with Crippen LogP contribution in [0, 0.1) is 0 Å². The summed E-state index contributed by atoms with van der Waals surface area (Å²) >= 11 is 0. The lowest BCUT2D eigenvalue weighted by Crippen LogP contribution is -2.36. The topological polar surface area (TPSA) is 211 Å². The molecule has 0 aliphatic rings. The fraction of sp³-hybridized carbons (Fsp3) is 1.00. The van der Waals surface area contributed by atoms with Crippen molar-refractivity contribution in [1.29, 1.82) is 0 Å². The van der Waals surface area contributed by atoms with Crippen LogP contribution in [0.5, 0.6) is 0 Å². The van der Waals surface area contributed by atoms with Crippen LogP contribution in [0.3, 0.4) is 0 Å². The smallest absolute Gasteiger partial charge is 0.343 e. The SMILES string of the molecule is Cl.NCC(O)(O)O.O=P(O)(O)OP(=O)(O)O. The molecule has 0 saturated heterocycles. The normalized spacial score (nSPS) is 12.2. The van der Waals surface area contributed by atoms with E-state index in [1.54, 1.807) is 0 Å². The number of hydrogen-bond donors (Lipinski definition) is 8. The van der Waals surface area contributed by atoms with Crippen molar-refractivity contribution in [1.82, 2.24) is 0 Å². The molecule has 0 amide bonds. The highest BCUT2D eigenvalue weighted by Crippen LogP contribution is 2.53. The van der Waals surface area contributed by atoms with Crippen molar-refractivity contribution < 1.29 is 48.3 Å². The Balaban J connectivity index is -0.000000214. The number of phosphoric acid groups is 2. The van der Waals surface area contributed by atoms with Gasteiger partial charge in [-0.15, -0.1) is 12.4 Å². The van der Waals surface area contributed by atoms with Gasteiger partial charge < -0.3 is 40.6 Å². The molecule has 0 rings (SSSR count). The van der Waals surface area contributed by atoms with Crippen LogP contribution in [0.25, 0.3) is 0 Å². The molecule has 0 unspecified atom stereocenters. The maximum atomic E-state index is 9.63. The Morgan fingerprint density at radius 2 is 1.19 bits per heavy atom. The third kappa shape index (κ3) is 29.3. The van der Waals surface area contributed by atoms with Gasteiger partial charge in [0, 0.05) is 0 Å². The van der Waals surface area contributed by atoms with Gasteiger partial charge in [-0.2, -0.15) is 4.31 Å². The number of rotatable bonds is 3. The van der Waals surface area contributed by atoms with Gasteiger partial charge in [0.1, 0.15) is 0 Å². The monoisotopic (exact) mass is 307 g/mol. The molecule has 11 nitrogen and oxygen atoms in total. The molecule has 0 heterocycles. The average Bonchev–Trinajstić information content (AvgIpc) is 1.78. The summed E-state index contributed by atoms with van der Waals surface area (Å²) in [5.74, 6) is -2.68. The Morgan fingerprint density at radius 1 is 1.00 bits per heavy atom. The van der Waals surface area contributed by atoms with Crippen LogP contribution in [-0.2, 0) is 13.4 Å². The van der Waals surface area contributed by atoms with Crippen LogP contribution in [0.1, 0.15) is 0 Å². The van der Waals surface area contributed by atoms with Gasteiger partial charge in [-0.1, -0.05) is 0 Å². The second-order valence-electron chi connectivity index (χ2n) is 2.04. The van der Waals surface area contributed by atoms with Crippen LogP contribution in [0.4, 0.5) is 0 Å². The fourth-order valence-electron chi connectivity index (χ4n) is 0.139. The first-order chi connectivity index (χ1) is 6.27. The summed E-state index contributed by atoms with van der Waals surface area (Å²) in [6.45, 7) is -0.562. The zero-order valence-corrected chi connectivity index (χ0v) is 10.0. The summed E-state index contributed by atoms with van der Waals surface area (Å²) in [7, 11) is -10.1. The lowest BCUT2D eigenvalue weighted by Gasteiger charge is -2.07. The van der Waals surface area contributed by atoms with Gasteiger partial charge in [0.25, 0.3) is 5.97 Å². The summed E-state index contributed by atoms with van der Waals surface area (Å²) in [5, 5.41) is 23.4. The lowest BCUT2D eigenvalue weighted by molar-refractivity contribution is -0.302. The molecule has 0 saturated carbocycles. The molecule has 0 aliphatic heterocycles. The zero-order valence-electron chi connectivity index (χ0n) is 7.44. The molecule has 0 atom stereocenters. The van der Waals surface area contributed by atoms with E-state index in [1.807, 2.05) is 0 Å². The molecule has 0 aromatic carbocycles. The standard InChI is InChI=1S/C2H7NO3.ClH.H4O7P2/c3-1-2(4,5)6;;1-8(2,3)7-9(4,5)6/h4-6H,1,3H2;1H;(H2,1,2,3)(H2,4,5,6). The summed E-state index contributed by atoms with van der Waals surface area (Å²) < 4.78 is 22.2. The van der Waals surface area contributed by atoms with Gasteiger partial charge >= 0.3 is 15.6 Å². The number of aliphatic hydroxyl groups is 3. The predicted octanol–water partition coefficient (Wildman–Crippen LogP) is -2.81. The van der Waals surface area contributed by atoms with Gasteiger partial charge in [0.05, 0.1) is 6.54 Å².